The van der Waals surface area contributed by atoms with Gasteiger partial charge in [0.15, 0.2) is 0 Å². The summed E-state index contributed by atoms with van der Waals surface area (Å²) in [7, 11) is 0. The van der Waals surface area contributed by atoms with Gasteiger partial charge in [0.05, 0.1) is 6.04 Å². The minimum Gasteiger partial charge on any atom is -0.414 e. The summed E-state index contributed by atoms with van der Waals surface area (Å²) < 4.78 is 5.65. The lowest BCUT2D eigenvalue weighted by Gasteiger charge is -2.24. The molecule has 0 saturated carbocycles. The first-order valence-corrected chi connectivity index (χ1v) is 15.2. The van der Waals surface area contributed by atoms with E-state index < -0.39 is 29.7 Å². The average Bonchev–Trinajstić information content (AvgIpc) is 3.58. The highest BCUT2D eigenvalue weighted by Gasteiger charge is 2.30. The quantitative estimate of drug-likeness (QED) is 0.143. The van der Waals surface area contributed by atoms with Gasteiger partial charge >= 0.3 is 0 Å². The maximum Gasteiger partial charge on any atom is 0.286 e. The lowest BCUT2D eigenvalue weighted by molar-refractivity contribution is -0.123. The fourth-order valence-electron chi connectivity index (χ4n) is 5.04. The summed E-state index contributed by atoms with van der Waals surface area (Å²) in [6, 6.07) is 31.5. The van der Waals surface area contributed by atoms with Crippen LogP contribution in [-0.4, -0.2) is 39.9 Å². The van der Waals surface area contributed by atoms with Gasteiger partial charge < -0.3 is 15.1 Å². The van der Waals surface area contributed by atoms with Crippen LogP contribution in [0.3, 0.4) is 0 Å². The standard InChI is InChI=1S/C36H33ClN4O4/c1-3-30(32(42)36-41-40-35(45-36)27-14-8-5-9-15-27)38-34(44)31(22-23(2)24-12-6-4-7-13-24)39-33(43)26-20-18-25(19-21-26)28-16-10-11-17-29(28)37/h4-21,23,30-31H,3,22H2,1-2H3,(H,38,44)(H,39,43)/t23-,30-,31+/m0/s1. The molecule has 4 aromatic carbocycles. The fourth-order valence-corrected chi connectivity index (χ4v) is 5.28. The van der Waals surface area contributed by atoms with Crippen molar-refractivity contribution in [1.82, 2.24) is 20.8 Å². The Kier molecular flexibility index (Phi) is 10.2. The lowest BCUT2D eigenvalue weighted by Crippen LogP contribution is -2.52. The Morgan fingerprint density at radius 2 is 1.40 bits per heavy atom. The first-order valence-electron chi connectivity index (χ1n) is 14.8. The minimum absolute atomic E-state index is 0.0648. The second kappa shape index (κ2) is 14.6. The maximum atomic E-state index is 13.7. The van der Waals surface area contributed by atoms with Gasteiger partial charge in [-0.05, 0) is 60.2 Å². The summed E-state index contributed by atoms with van der Waals surface area (Å²) in [6.07, 6.45) is 0.592. The van der Waals surface area contributed by atoms with Gasteiger partial charge in [-0.1, -0.05) is 104 Å². The van der Waals surface area contributed by atoms with Gasteiger partial charge in [-0.2, -0.15) is 0 Å². The maximum absolute atomic E-state index is 13.7. The van der Waals surface area contributed by atoms with Crippen molar-refractivity contribution in [3.63, 3.8) is 0 Å². The first kappa shape index (κ1) is 31.3. The molecule has 5 aromatic rings. The topological polar surface area (TPSA) is 114 Å². The number of carbonyl (C=O) groups is 3. The van der Waals surface area contributed by atoms with E-state index >= 15 is 0 Å². The highest BCUT2D eigenvalue weighted by Crippen LogP contribution is 2.28. The van der Waals surface area contributed by atoms with Crippen LogP contribution in [0.2, 0.25) is 5.02 Å². The molecule has 0 unspecified atom stereocenters. The molecule has 5 rings (SSSR count). The van der Waals surface area contributed by atoms with E-state index in [2.05, 4.69) is 20.8 Å². The molecule has 0 aliphatic rings. The Labute approximate surface area is 266 Å². The molecule has 9 heteroatoms. The van der Waals surface area contributed by atoms with E-state index in [1.807, 2.05) is 91.9 Å². The van der Waals surface area contributed by atoms with Crippen LogP contribution in [0.25, 0.3) is 22.6 Å². The molecule has 3 atom stereocenters. The van der Waals surface area contributed by atoms with E-state index in [-0.39, 0.29) is 24.1 Å². The van der Waals surface area contributed by atoms with Crippen molar-refractivity contribution in [3.8, 4) is 22.6 Å². The summed E-state index contributed by atoms with van der Waals surface area (Å²) >= 11 is 6.35. The second-order valence-corrected chi connectivity index (χ2v) is 11.1. The summed E-state index contributed by atoms with van der Waals surface area (Å²) in [5, 5.41) is 14.3. The number of hydrogen-bond donors (Lipinski definition) is 2. The Morgan fingerprint density at radius 3 is 2.07 bits per heavy atom. The van der Waals surface area contributed by atoms with Gasteiger partial charge in [0.1, 0.15) is 6.04 Å². The normalized spacial score (nSPS) is 13.0. The molecule has 1 heterocycles. The third kappa shape index (κ3) is 7.72. The van der Waals surface area contributed by atoms with Crippen molar-refractivity contribution in [2.75, 3.05) is 0 Å². The van der Waals surface area contributed by atoms with E-state index in [0.29, 0.717) is 22.6 Å². The van der Waals surface area contributed by atoms with Gasteiger partial charge in [-0.15, -0.1) is 10.2 Å². The van der Waals surface area contributed by atoms with Gasteiger partial charge in [-0.3, -0.25) is 14.4 Å². The molecule has 228 valence electrons. The second-order valence-electron chi connectivity index (χ2n) is 10.7. The molecule has 2 N–H and O–H groups in total. The largest absolute Gasteiger partial charge is 0.414 e. The highest BCUT2D eigenvalue weighted by molar-refractivity contribution is 6.33. The van der Waals surface area contributed by atoms with Gasteiger partial charge in [0.2, 0.25) is 17.6 Å². The molecule has 8 nitrogen and oxygen atoms in total. The number of ketones is 1. The number of halogens is 1. The third-order valence-corrected chi connectivity index (χ3v) is 7.94. The number of Topliss-reactive ketones (excluding diaryl/α,β-unsaturated/α-hetero) is 1. The molecule has 0 aliphatic carbocycles. The van der Waals surface area contributed by atoms with Crippen molar-refractivity contribution in [1.29, 1.82) is 0 Å². The predicted octanol–water partition coefficient (Wildman–Crippen LogP) is 7.13. The molecule has 45 heavy (non-hydrogen) atoms. The van der Waals surface area contributed by atoms with Crippen LogP contribution in [0.15, 0.2) is 114 Å². The Morgan fingerprint density at radius 1 is 0.756 bits per heavy atom. The zero-order chi connectivity index (χ0) is 31.8. The highest BCUT2D eigenvalue weighted by atomic mass is 35.5. The van der Waals surface area contributed by atoms with Crippen LogP contribution >= 0.6 is 11.6 Å². The number of aromatic nitrogens is 2. The molecule has 0 aliphatic heterocycles. The molecular formula is C36H33ClN4O4. The van der Waals surface area contributed by atoms with Crippen LogP contribution in [-0.2, 0) is 4.79 Å². The van der Waals surface area contributed by atoms with Gasteiger partial charge in [-0.25, -0.2) is 0 Å². The van der Waals surface area contributed by atoms with E-state index in [1.165, 1.54) is 0 Å². The fraction of sp³-hybridized carbons (Fsp3) is 0.194. The molecule has 2 amide bonds. The Bertz CT molecular complexity index is 1760. The van der Waals surface area contributed by atoms with Crippen LogP contribution < -0.4 is 10.6 Å². The SMILES string of the molecule is CC[C@H](NC(=O)[C@@H](C[C@H](C)c1ccccc1)NC(=O)c1ccc(-c2ccccc2Cl)cc1)C(=O)c1nnc(-c2ccccc2)o1. The van der Waals surface area contributed by atoms with Crippen LogP contribution in [0.4, 0.5) is 0 Å². The van der Waals surface area contributed by atoms with Crippen molar-refractivity contribution < 1.29 is 18.8 Å². The number of nitrogens with zero attached hydrogens (tertiary/aromatic N) is 2. The number of benzene rings is 4. The molecular weight excluding hydrogens is 588 g/mol. The molecule has 0 saturated heterocycles. The predicted molar refractivity (Wildman–Crippen MR) is 174 cm³/mol. The molecule has 0 radical (unpaired) electrons. The average molecular weight is 621 g/mol. The molecule has 1 aromatic heterocycles. The van der Waals surface area contributed by atoms with Gasteiger partial charge in [0.25, 0.3) is 11.8 Å². The monoisotopic (exact) mass is 620 g/mol. The summed E-state index contributed by atoms with van der Waals surface area (Å²) in [6.45, 7) is 3.77. The van der Waals surface area contributed by atoms with Crippen molar-refractivity contribution in [2.45, 2.75) is 44.7 Å². The van der Waals surface area contributed by atoms with Crippen LogP contribution in [0.1, 0.15) is 59.2 Å². The molecule has 0 fully saturated rings. The smallest absolute Gasteiger partial charge is 0.286 e. The van der Waals surface area contributed by atoms with Crippen molar-refractivity contribution in [2.24, 2.45) is 0 Å². The van der Waals surface area contributed by atoms with E-state index in [1.54, 1.807) is 31.2 Å². The Hall–Kier alpha value is -5.08. The molecule has 0 spiro atoms. The number of nitrogens with one attached hydrogen (secondary N) is 2. The zero-order valence-corrected chi connectivity index (χ0v) is 25.7. The van der Waals surface area contributed by atoms with E-state index in [9.17, 15) is 14.4 Å². The van der Waals surface area contributed by atoms with Crippen molar-refractivity contribution >= 4 is 29.2 Å². The zero-order valence-electron chi connectivity index (χ0n) is 24.9. The lowest BCUT2D eigenvalue weighted by atomic mass is 9.93. The molecule has 0 bridgehead atoms. The third-order valence-electron chi connectivity index (χ3n) is 7.61. The van der Waals surface area contributed by atoms with Crippen LogP contribution in [0, 0.1) is 0 Å². The summed E-state index contributed by atoms with van der Waals surface area (Å²) in [5.74, 6) is -1.45. The number of amides is 2. The number of rotatable bonds is 12. The first-order chi connectivity index (χ1) is 21.8. The van der Waals surface area contributed by atoms with E-state index in [0.717, 1.165) is 16.7 Å². The summed E-state index contributed by atoms with van der Waals surface area (Å²) in [5.41, 5.74) is 3.81. The summed E-state index contributed by atoms with van der Waals surface area (Å²) in [4.78, 5) is 40.5. The Balaban J connectivity index is 1.33. The van der Waals surface area contributed by atoms with Crippen molar-refractivity contribution in [3.05, 3.63) is 131 Å². The van der Waals surface area contributed by atoms with Gasteiger partial charge in [0, 0.05) is 21.7 Å². The van der Waals surface area contributed by atoms with Crippen LogP contribution in [0.5, 0.6) is 0 Å². The minimum atomic E-state index is -0.930. The number of carbonyl (C=O) groups excluding carboxylic acids is 3. The number of hydrogen-bond acceptors (Lipinski definition) is 6. The van der Waals surface area contributed by atoms with E-state index in [4.69, 9.17) is 16.0 Å².